The van der Waals surface area contributed by atoms with Gasteiger partial charge in [0.25, 0.3) is 15.7 Å². The zero-order valence-corrected chi connectivity index (χ0v) is 19.2. The Labute approximate surface area is 202 Å². The van der Waals surface area contributed by atoms with Crippen molar-refractivity contribution in [3.8, 4) is 0 Å². The quantitative estimate of drug-likeness (QED) is 0.314. The Morgan fingerprint density at radius 3 is 2.00 bits per heavy atom. The number of benzene rings is 4. The van der Waals surface area contributed by atoms with Crippen molar-refractivity contribution in [2.24, 2.45) is 0 Å². The van der Waals surface area contributed by atoms with Crippen LogP contribution in [0, 0.1) is 10.1 Å². The highest BCUT2D eigenvalue weighted by atomic mass is 32.2. The van der Waals surface area contributed by atoms with E-state index < -0.39 is 20.5 Å². The van der Waals surface area contributed by atoms with E-state index in [1.54, 1.807) is 54.6 Å². The Morgan fingerprint density at radius 2 is 1.37 bits per heavy atom. The highest BCUT2D eigenvalue weighted by molar-refractivity contribution is 7.93. The third-order valence-electron chi connectivity index (χ3n) is 5.98. The number of nitro benzene ring substituents is 1. The van der Waals surface area contributed by atoms with E-state index in [1.165, 1.54) is 12.1 Å². The van der Waals surface area contributed by atoms with Crippen molar-refractivity contribution in [2.45, 2.75) is 10.5 Å². The maximum Gasteiger partial charge on any atom is 0.269 e. The van der Waals surface area contributed by atoms with Gasteiger partial charge in [-0.2, -0.15) is 0 Å². The standard InChI is InChI=1S/C27H20N2O5S/c30-27(21-11-5-2-6-12-21)24-13-7-8-14-25(24)28(26(27)19-20-9-3-1-4-10-20)35(33,34)23-17-15-22(16-18-23)29(31)32/h1-19,30H/b26-19-. The van der Waals surface area contributed by atoms with Gasteiger partial charge in [0.2, 0.25) is 0 Å². The molecular weight excluding hydrogens is 464 g/mol. The van der Waals surface area contributed by atoms with E-state index in [0.29, 0.717) is 22.4 Å². The first kappa shape index (κ1) is 22.5. The predicted octanol–water partition coefficient (Wildman–Crippen LogP) is 5.08. The van der Waals surface area contributed by atoms with E-state index in [-0.39, 0.29) is 16.3 Å². The summed E-state index contributed by atoms with van der Waals surface area (Å²) in [6, 6.07) is 29.5. The third kappa shape index (κ3) is 3.69. The number of aliphatic hydroxyl groups is 1. The molecule has 1 aliphatic rings. The molecule has 1 N–H and O–H groups in total. The molecule has 0 amide bonds. The Balaban J connectivity index is 1.79. The van der Waals surface area contributed by atoms with Crippen LogP contribution in [0.2, 0.25) is 0 Å². The number of non-ortho nitro benzene ring substituents is 1. The largest absolute Gasteiger partial charge is 0.374 e. The minimum Gasteiger partial charge on any atom is -0.374 e. The minimum atomic E-state index is -4.26. The van der Waals surface area contributed by atoms with Crippen LogP contribution in [0.4, 0.5) is 11.4 Å². The molecule has 1 heterocycles. The first-order valence-electron chi connectivity index (χ1n) is 10.8. The van der Waals surface area contributed by atoms with Crippen molar-refractivity contribution in [3.63, 3.8) is 0 Å². The summed E-state index contributed by atoms with van der Waals surface area (Å²) in [5, 5.41) is 23.4. The average Bonchev–Trinajstić information content (AvgIpc) is 3.14. The lowest BCUT2D eigenvalue weighted by molar-refractivity contribution is -0.384. The van der Waals surface area contributed by atoms with Crippen LogP contribution in [0.1, 0.15) is 16.7 Å². The Morgan fingerprint density at radius 1 is 0.800 bits per heavy atom. The third-order valence-corrected chi connectivity index (χ3v) is 7.72. The van der Waals surface area contributed by atoms with Gasteiger partial charge in [0.1, 0.15) is 0 Å². The van der Waals surface area contributed by atoms with Crippen LogP contribution < -0.4 is 4.31 Å². The molecule has 0 saturated carbocycles. The second-order valence-corrected chi connectivity index (χ2v) is 9.84. The van der Waals surface area contributed by atoms with Gasteiger partial charge in [-0.25, -0.2) is 12.7 Å². The van der Waals surface area contributed by atoms with E-state index >= 15 is 0 Å². The van der Waals surface area contributed by atoms with Crippen molar-refractivity contribution in [2.75, 3.05) is 4.31 Å². The molecular formula is C27H20N2O5S. The van der Waals surface area contributed by atoms with Crippen molar-refractivity contribution >= 4 is 27.5 Å². The summed E-state index contributed by atoms with van der Waals surface area (Å²) in [5.74, 6) is 0. The van der Waals surface area contributed by atoms with Gasteiger partial charge >= 0.3 is 0 Å². The molecule has 7 nitrogen and oxygen atoms in total. The first-order chi connectivity index (χ1) is 16.8. The van der Waals surface area contributed by atoms with Crippen LogP contribution in [0.3, 0.4) is 0 Å². The van der Waals surface area contributed by atoms with Gasteiger partial charge in [-0.05, 0) is 35.4 Å². The van der Waals surface area contributed by atoms with Crippen LogP contribution >= 0.6 is 0 Å². The second kappa shape index (κ2) is 8.50. The fraction of sp³-hybridized carbons (Fsp3) is 0.0370. The molecule has 1 atom stereocenters. The smallest absolute Gasteiger partial charge is 0.269 e. The molecule has 1 unspecified atom stereocenters. The topological polar surface area (TPSA) is 101 Å². The molecule has 1 aliphatic heterocycles. The molecule has 8 heteroatoms. The van der Waals surface area contributed by atoms with Gasteiger partial charge < -0.3 is 5.11 Å². The van der Waals surface area contributed by atoms with Crippen molar-refractivity contribution in [1.82, 2.24) is 0 Å². The SMILES string of the molecule is O=[N+]([O-])c1ccc(S(=O)(=O)N2/C(=C\c3ccccc3)C(O)(c3ccccc3)c3ccccc32)cc1. The zero-order chi connectivity index (χ0) is 24.6. The molecule has 5 rings (SSSR count). The fourth-order valence-electron chi connectivity index (χ4n) is 4.33. The van der Waals surface area contributed by atoms with Gasteiger partial charge in [-0.3, -0.25) is 10.1 Å². The molecule has 4 aromatic carbocycles. The number of nitro groups is 1. The number of nitrogens with zero attached hydrogens (tertiary/aromatic N) is 2. The number of rotatable bonds is 5. The summed E-state index contributed by atoms with van der Waals surface area (Å²) >= 11 is 0. The van der Waals surface area contributed by atoms with E-state index in [1.807, 2.05) is 36.4 Å². The van der Waals surface area contributed by atoms with Crippen LogP contribution in [-0.2, 0) is 15.6 Å². The highest BCUT2D eigenvalue weighted by Gasteiger charge is 2.51. The molecule has 0 saturated heterocycles. The van der Waals surface area contributed by atoms with Gasteiger partial charge in [0, 0.05) is 17.7 Å². The van der Waals surface area contributed by atoms with E-state index in [2.05, 4.69) is 0 Å². The molecule has 4 aromatic rings. The van der Waals surface area contributed by atoms with Crippen molar-refractivity contribution in [3.05, 3.63) is 142 Å². The number of fused-ring (bicyclic) bond motifs is 1. The molecule has 0 spiro atoms. The summed E-state index contributed by atoms with van der Waals surface area (Å²) in [6.07, 6.45) is 1.65. The lowest BCUT2D eigenvalue weighted by Gasteiger charge is -2.29. The summed E-state index contributed by atoms with van der Waals surface area (Å²) in [6.45, 7) is 0. The number of anilines is 1. The molecule has 0 aliphatic carbocycles. The van der Waals surface area contributed by atoms with Crippen LogP contribution in [0.5, 0.6) is 0 Å². The van der Waals surface area contributed by atoms with E-state index in [0.717, 1.165) is 16.4 Å². The molecule has 174 valence electrons. The summed E-state index contributed by atoms with van der Waals surface area (Å²) < 4.78 is 29.1. The summed E-state index contributed by atoms with van der Waals surface area (Å²) in [4.78, 5) is 10.4. The highest BCUT2D eigenvalue weighted by Crippen LogP contribution is 2.52. The lowest BCUT2D eigenvalue weighted by Crippen LogP contribution is -2.35. The maximum atomic E-state index is 14.0. The Bertz CT molecular complexity index is 1540. The van der Waals surface area contributed by atoms with Crippen LogP contribution in [0.15, 0.2) is 120 Å². The van der Waals surface area contributed by atoms with Gasteiger partial charge in [0.15, 0.2) is 5.60 Å². The second-order valence-electron chi connectivity index (χ2n) is 8.05. The average molecular weight is 485 g/mol. The Kier molecular flexibility index (Phi) is 5.47. The van der Waals surface area contributed by atoms with Gasteiger partial charge in [-0.1, -0.05) is 78.9 Å². The normalized spacial score (nSPS) is 18.4. The zero-order valence-electron chi connectivity index (χ0n) is 18.4. The van der Waals surface area contributed by atoms with Gasteiger partial charge in [-0.15, -0.1) is 0 Å². The molecule has 0 radical (unpaired) electrons. The molecule has 0 aromatic heterocycles. The van der Waals surface area contributed by atoms with Crippen LogP contribution in [0.25, 0.3) is 6.08 Å². The fourth-order valence-corrected chi connectivity index (χ4v) is 5.88. The summed E-state index contributed by atoms with van der Waals surface area (Å²) in [7, 11) is -4.26. The van der Waals surface area contributed by atoms with Gasteiger partial charge in [0.05, 0.1) is 21.2 Å². The number of hydrogen-bond acceptors (Lipinski definition) is 5. The Hall–Kier alpha value is -4.27. The minimum absolute atomic E-state index is 0.130. The molecule has 0 fully saturated rings. The lowest BCUT2D eigenvalue weighted by atomic mass is 9.85. The monoisotopic (exact) mass is 484 g/mol. The van der Waals surface area contributed by atoms with E-state index in [9.17, 15) is 23.6 Å². The van der Waals surface area contributed by atoms with Crippen molar-refractivity contribution < 1.29 is 18.4 Å². The van der Waals surface area contributed by atoms with Crippen LogP contribution in [-0.4, -0.2) is 18.4 Å². The molecule has 35 heavy (non-hydrogen) atoms. The molecule has 0 bridgehead atoms. The predicted molar refractivity (Wildman–Crippen MR) is 133 cm³/mol. The number of para-hydroxylation sites is 1. The number of hydrogen-bond donors (Lipinski definition) is 1. The summed E-state index contributed by atoms with van der Waals surface area (Å²) in [5.41, 5.74) is 0.0885. The number of sulfonamides is 1. The maximum absolute atomic E-state index is 14.0. The van der Waals surface area contributed by atoms with Crippen molar-refractivity contribution in [1.29, 1.82) is 0 Å². The first-order valence-corrected chi connectivity index (χ1v) is 12.2. The van der Waals surface area contributed by atoms with E-state index in [4.69, 9.17) is 0 Å².